The molecule has 3 rings (SSSR count). The van der Waals surface area contributed by atoms with Crippen LogP contribution in [0.1, 0.15) is 37.7 Å². The molecule has 0 aromatic heterocycles. The normalized spacial score (nSPS) is 28.8. The zero-order valence-electron chi connectivity index (χ0n) is 14.2. The summed E-state index contributed by atoms with van der Waals surface area (Å²) in [5, 5.41) is 5.82. The average Bonchev–Trinajstić information content (AvgIpc) is 2.78. The van der Waals surface area contributed by atoms with E-state index in [1.165, 1.54) is 0 Å². The van der Waals surface area contributed by atoms with E-state index in [1.807, 2.05) is 30.3 Å². The Kier molecular flexibility index (Phi) is 5.13. The summed E-state index contributed by atoms with van der Waals surface area (Å²) < 4.78 is 23.3. The van der Waals surface area contributed by atoms with E-state index in [1.54, 1.807) is 0 Å². The first-order valence-corrected chi connectivity index (χ1v) is 10.6. The molecular formula is C18H24N2O4S. The number of carbonyl (C=O) groups is 2. The van der Waals surface area contributed by atoms with Crippen molar-refractivity contribution in [2.24, 2.45) is 0 Å². The van der Waals surface area contributed by atoms with E-state index in [-0.39, 0.29) is 29.4 Å². The Morgan fingerprint density at radius 3 is 2.68 bits per heavy atom. The smallest absolute Gasteiger partial charge is 0.246 e. The number of hydrogen-bond donors (Lipinski definition) is 2. The SMILES string of the molecule is O=C1CCCCC(Cc2ccccc2)(C(=O)NC2CCS(=O)(=O)C2)N1. The summed E-state index contributed by atoms with van der Waals surface area (Å²) in [5.74, 6) is -0.305. The monoisotopic (exact) mass is 364 g/mol. The van der Waals surface area contributed by atoms with Crippen LogP contribution < -0.4 is 10.6 Å². The Labute approximate surface area is 148 Å². The van der Waals surface area contributed by atoms with Crippen molar-refractivity contribution in [3.05, 3.63) is 35.9 Å². The summed E-state index contributed by atoms with van der Waals surface area (Å²) in [7, 11) is -3.07. The Hall–Kier alpha value is -1.89. The Morgan fingerprint density at radius 1 is 1.24 bits per heavy atom. The molecule has 2 aliphatic heterocycles. The third-order valence-corrected chi connectivity index (χ3v) is 6.76. The van der Waals surface area contributed by atoms with Crippen molar-refractivity contribution < 1.29 is 18.0 Å². The number of nitrogens with one attached hydrogen (secondary N) is 2. The summed E-state index contributed by atoms with van der Waals surface area (Å²) in [5.41, 5.74) is -0.0414. The van der Waals surface area contributed by atoms with Gasteiger partial charge in [-0.25, -0.2) is 8.42 Å². The molecular weight excluding hydrogens is 340 g/mol. The first kappa shape index (κ1) is 17.9. The summed E-state index contributed by atoms with van der Waals surface area (Å²) in [4.78, 5) is 25.2. The van der Waals surface area contributed by atoms with Crippen LogP contribution in [0.25, 0.3) is 0 Å². The first-order valence-electron chi connectivity index (χ1n) is 8.75. The molecule has 2 N–H and O–H groups in total. The molecule has 2 saturated heterocycles. The highest BCUT2D eigenvalue weighted by molar-refractivity contribution is 7.91. The van der Waals surface area contributed by atoms with Gasteiger partial charge in [0.1, 0.15) is 5.54 Å². The van der Waals surface area contributed by atoms with Crippen LogP contribution in [0.5, 0.6) is 0 Å². The molecule has 2 heterocycles. The van der Waals surface area contributed by atoms with Gasteiger partial charge >= 0.3 is 0 Å². The van der Waals surface area contributed by atoms with Gasteiger partial charge in [-0.1, -0.05) is 36.8 Å². The Morgan fingerprint density at radius 2 is 2.00 bits per heavy atom. The highest BCUT2D eigenvalue weighted by Gasteiger charge is 2.42. The second kappa shape index (κ2) is 7.15. The maximum absolute atomic E-state index is 13.1. The highest BCUT2D eigenvalue weighted by atomic mass is 32.2. The largest absolute Gasteiger partial charge is 0.350 e. The fraction of sp³-hybridized carbons (Fsp3) is 0.556. The van der Waals surface area contributed by atoms with Gasteiger partial charge in [-0.3, -0.25) is 9.59 Å². The van der Waals surface area contributed by atoms with Crippen LogP contribution in [-0.2, 0) is 25.8 Å². The number of hydrogen-bond acceptors (Lipinski definition) is 4. The predicted molar refractivity (Wildman–Crippen MR) is 94.7 cm³/mol. The van der Waals surface area contributed by atoms with Gasteiger partial charge in [-0.2, -0.15) is 0 Å². The lowest BCUT2D eigenvalue weighted by atomic mass is 9.85. The van der Waals surface area contributed by atoms with Crippen LogP contribution in [0.3, 0.4) is 0 Å². The summed E-state index contributed by atoms with van der Waals surface area (Å²) in [6, 6.07) is 9.22. The highest BCUT2D eigenvalue weighted by Crippen LogP contribution is 2.25. The second-order valence-electron chi connectivity index (χ2n) is 7.07. The number of carbonyl (C=O) groups excluding carboxylic acids is 2. The number of benzene rings is 1. The van der Waals surface area contributed by atoms with Crippen LogP contribution >= 0.6 is 0 Å². The van der Waals surface area contributed by atoms with Gasteiger partial charge in [0.15, 0.2) is 9.84 Å². The lowest BCUT2D eigenvalue weighted by Crippen LogP contribution is -2.61. The topological polar surface area (TPSA) is 92.3 Å². The van der Waals surface area contributed by atoms with E-state index in [9.17, 15) is 18.0 Å². The fourth-order valence-electron chi connectivity index (χ4n) is 3.66. The third-order valence-electron chi connectivity index (χ3n) is 4.99. The summed E-state index contributed by atoms with van der Waals surface area (Å²) in [6.07, 6.45) is 3.35. The predicted octanol–water partition coefficient (Wildman–Crippen LogP) is 0.961. The van der Waals surface area contributed by atoms with Gasteiger partial charge < -0.3 is 10.6 Å². The Bertz CT molecular complexity index is 748. The van der Waals surface area contributed by atoms with Crippen molar-refractivity contribution in [3.63, 3.8) is 0 Å². The minimum Gasteiger partial charge on any atom is -0.350 e. The van der Waals surface area contributed by atoms with E-state index in [0.29, 0.717) is 25.7 Å². The molecule has 1 aromatic rings. The Balaban J connectivity index is 1.82. The van der Waals surface area contributed by atoms with Crippen molar-refractivity contribution in [1.29, 1.82) is 0 Å². The second-order valence-corrected chi connectivity index (χ2v) is 9.30. The van der Waals surface area contributed by atoms with Gasteiger partial charge in [0.25, 0.3) is 0 Å². The molecule has 0 radical (unpaired) electrons. The molecule has 7 heteroatoms. The van der Waals surface area contributed by atoms with Crippen molar-refractivity contribution in [3.8, 4) is 0 Å². The molecule has 25 heavy (non-hydrogen) atoms. The van der Waals surface area contributed by atoms with Crippen molar-refractivity contribution in [2.75, 3.05) is 11.5 Å². The average molecular weight is 364 g/mol. The molecule has 0 aliphatic carbocycles. The number of sulfone groups is 1. The molecule has 2 amide bonds. The molecule has 0 saturated carbocycles. The van der Waals surface area contributed by atoms with Crippen molar-refractivity contribution in [2.45, 2.75) is 50.1 Å². The molecule has 2 fully saturated rings. The molecule has 2 unspecified atom stereocenters. The van der Waals surface area contributed by atoms with Crippen molar-refractivity contribution in [1.82, 2.24) is 10.6 Å². The van der Waals surface area contributed by atoms with Gasteiger partial charge in [-0.15, -0.1) is 0 Å². The van der Waals surface area contributed by atoms with E-state index in [0.717, 1.165) is 18.4 Å². The maximum Gasteiger partial charge on any atom is 0.246 e. The van der Waals surface area contributed by atoms with Crippen LogP contribution in [0.15, 0.2) is 30.3 Å². The van der Waals surface area contributed by atoms with Crippen LogP contribution in [0.4, 0.5) is 0 Å². The minimum absolute atomic E-state index is 0.0197. The molecule has 0 bridgehead atoms. The zero-order chi connectivity index (χ0) is 17.9. The van der Waals surface area contributed by atoms with Crippen LogP contribution in [-0.4, -0.2) is 43.3 Å². The number of rotatable bonds is 4. The first-order chi connectivity index (χ1) is 11.9. The maximum atomic E-state index is 13.1. The quantitative estimate of drug-likeness (QED) is 0.832. The molecule has 2 atom stereocenters. The standard InChI is InChI=1S/C18H24N2O4S/c21-16-8-4-5-10-18(20-16,12-14-6-2-1-3-7-14)17(22)19-15-9-11-25(23,24)13-15/h1-3,6-7,15H,4-5,8-13H2,(H,19,22)(H,20,21). The van der Waals surface area contributed by atoms with Gasteiger partial charge in [0, 0.05) is 18.9 Å². The summed E-state index contributed by atoms with van der Waals surface area (Å²) >= 11 is 0. The van der Waals surface area contributed by atoms with E-state index >= 15 is 0 Å². The number of amides is 2. The van der Waals surface area contributed by atoms with Gasteiger partial charge in [0.05, 0.1) is 11.5 Å². The van der Waals surface area contributed by atoms with E-state index in [4.69, 9.17) is 0 Å². The van der Waals surface area contributed by atoms with Crippen molar-refractivity contribution >= 4 is 21.7 Å². The lowest BCUT2D eigenvalue weighted by Gasteiger charge is -2.33. The van der Waals surface area contributed by atoms with Gasteiger partial charge in [0.2, 0.25) is 11.8 Å². The van der Waals surface area contributed by atoms with Gasteiger partial charge in [-0.05, 0) is 24.8 Å². The molecule has 1 aromatic carbocycles. The van der Waals surface area contributed by atoms with Crippen LogP contribution in [0, 0.1) is 0 Å². The molecule has 6 nitrogen and oxygen atoms in total. The molecule has 136 valence electrons. The molecule has 0 spiro atoms. The molecule has 2 aliphatic rings. The van der Waals surface area contributed by atoms with E-state index in [2.05, 4.69) is 10.6 Å². The van der Waals surface area contributed by atoms with E-state index < -0.39 is 15.4 Å². The fourth-order valence-corrected chi connectivity index (χ4v) is 5.34. The summed E-state index contributed by atoms with van der Waals surface area (Å²) in [6.45, 7) is 0. The van der Waals surface area contributed by atoms with Crippen LogP contribution in [0.2, 0.25) is 0 Å². The lowest BCUT2D eigenvalue weighted by molar-refractivity contribution is -0.133. The minimum atomic E-state index is -3.07. The zero-order valence-corrected chi connectivity index (χ0v) is 15.0. The third kappa shape index (κ3) is 4.39.